The van der Waals surface area contributed by atoms with Gasteiger partial charge in [0.05, 0.1) is 22.6 Å². The molecule has 1 aromatic heterocycles. The molecule has 1 atom stereocenters. The fourth-order valence-corrected chi connectivity index (χ4v) is 4.10. The Labute approximate surface area is 184 Å². The van der Waals surface area contributed by atoms with E-state index in [1.807, 2.05) is 75.9 Å². The van der Waals surface area contributed by atoms with Crippen LogP contribution in [0.3, 0.4) is 0 Å². The van der Waals surface area contributed by atoms with Crippen molar-refractivity contribution in [2.45, 2.75) is 60.4 Å². The molecule has 1 unspecified atom stereocenters. The van der Waals surface area contributed by atoms with Gasteiger partial charge in [0.1, 0.15) is 5.82 Å². The Balaban J connectivity index is 2.26. The summed E-state index contributed by atoms with van der Waals surface area (Å²) in [7, 11) is 0. The van der Waals surface area contributed by atoms with Crippen LogP contribution in [0.4, 0.5) is 0 Å². The molecule has 0 fully saturated rings. The quantitative estimate of drug-likeness (QED) is 0.519. The minimum atomic E-state index is -0.329. The third-order valence-electron chi connectivity index (χ3n) is 5.60. The Morgan fingerprint density at radius 2 is 1.81 bits per heavy atom. The smallest absolute Gasteiger partial charge is 0.266 e. The number of hydrogen-bond donors (Lipinski definition) is 0. The largest absolute Gasteiger partial charge is 0.333 e. The number of aryl methyl sites for hydroxylation is 2. The number of para-hydroxylation sites is 1. The van der Waals surface area contributed by atoms with E-state index >= 15 is 0 Å². The number of fused-ring (bicyclic) bond motifs is 1. The molecule has 0 N–H and O–H groups in total. The summed E-state index contributed by atoms with van der Waals surface area (Å²) >= 11 is 0. The SMILES string of the molecule is CCCN(C(=O)CC(C)C)C(C)c1nc2ccccc2c(=O)n1-c1ccc(C)cc1C. The maximum absolute atomic E-state index is 13.6. The fourth-order valence-electron chi connectivity index (χ4n) is 4.10. The number of rotatable bonds is 7. The van der Waals surface area contributed by atoms with Gasteiger partial charge >= 0.3 is 0 Å². The average molecular weight is 420 g/mol. The molecule has 0 aliphatic rings. The summed E-state index contributed by atoms with van der Waals surface area (Å²) in [4.78, 5) is 33.5. The molecule has 5 heteroatoms. The average Bonchev–Trinajstić information content (AvgIpc) is 2.71. The van der Waals surface area contributed by atoms with Crippen LogP contribution in [0.15, 0.2) is 47.3 Å². The summed E-state index contributed by atoms with van der Waals surface area (Å²) in [6.07, 6.45) is 1.32. The standard InChI is InChI=1S/C26H33N3O2/c1-7-14-28(24(30)15-17(2)3)20(6)25-27-22-11-9-8-10-21(22)26(31)29(25)23-13-12-18(4)16-19(23)5/h8-13,16-17,20H,7,14-15H2,1-6H3. The molecule has 164 valence electrons. The molecule has 3 rings (SSSR count). The van der Waals surface area contributed by atoms with Crippen molar-refractivity contribution in [2.75, 3.05) is 6.54 Å². The van der Waals surface area contributed by atoms with E-state index in [0.717, 1.165) is 23.2 Å². The Kier molecular flexibility index (Phi) is 6.94. The van der Waals surface area contributed by atoms with Gasteiger partial charge in [-0.2, -0.15) is 0 Å². The maximum atomic E-state index is 13.6. The van der Waals surface area contributed by atoms with Crippen molar-refractivity contribution in [2.24, 2.45) is 5.92 Å². The van der Waals surface area contributed by atoms with Gasteiger partial charge in [-0.1, -0.05) is 50.6 Å². The van der Waals surface area contributed by atoms with Crippen LogP contribution < -0.4 is 5.56 Å². The highest BCUT2D eigenvalue weighted by molar-refractivity contribution is 5.79. The van der Waals surface area contributed by atoms with Crippen LogP contribution in [0.25, 0.3) is 16.6 Å². The minimum Gasteiger partial charge on any atom is -0.333 e. The first-order chi connectivity index (χ1) is 14.7. The molecule has 0 aliphatic carbocycles. The predicted molar refractivity (Wildman–Crippen MR) is 127 cm³/mol. The predicted octanol–water partition coefficient (Wildman–Crippen LogP) is 5.35. The maximum Gasteiger partial charge on any atom is 0.266 e. The molecule has 5 nitrogen and oxygen atoms in total. The molecule has 0 radical (unpaired) electrons. The van der Waals surface area contributed by atoms with Crippen molar-refractivity contribution in [3.63, 3.8) is 0 Å². The molecule has 0 spiro atoms. The van der Waals surface area contributed by atoms with Crippen molar-refractivity contribution >= 4 is 16.8 Å². The molecule has 0 aliphatic heterocycles. The van der Waals surface area contributed by atoms with E-state index in [0.29, 0.717) is 29.7 Å². The summed E-state index contributed by atoms with van der Waals surface area (Å²) in [6, 6.07) is 13.1. The zero-order chi connectivity index (χ0) is 22.7. The van der Waals surface area contributed by atoms with Crippen LogP contribution >= 0.6 is 0 Å². The topological polar surface area (TPSA) is 55.2 Å². The molecule has 2 aromatic carbocycles. The molecule has 0 saturated heterocycles. The third-order valence-corrected chi connectivity index (χ3v) is 5.60. The zero-order valence-corrected chi connectivity index (χ0v) is 19.5. The van der Waals surface area contributed by atoms with Crippen LogP contribution in [0.5, 0.6) is 0 Å². The normalized spacial score (nSPS) is 12.4. The molecule has 0 saturated carbocycles. The van der Waals surface area contributed by atoms with E-state index < -0.39 is 0 Å². The highest BCUT2D eigenvalue weighted by Crippen LogP contribution is 2.26. The van der Waals surface area contributed by atoms with Crippen molar-refractivity contribution < 1.29 is 4.79 Å². The van der Waals surface area contributed by atoms with E-state index in [1.54, 1.807) is 4.57 Å². The Hall–Kier alpha value is -2.95. The summed E-state index contributed by atoms with van der Waals surface area (Å²) in [5, 5.41) is 0.578. The number of aromatic nitrogens is 2. The number of hydrogen-bond acceptors (Lipinski definition) is 3. The summed E-state index contributed by atoms with van der Waals surface area (Å²) in [6.45, 7) is 12.8. The summed E-state index contributed by atoms with van der Waals surface area (Å²) in [5.74, 6) is 0.963. The molecular formula is C26H33N3O2. The van der Waals surface area contributed by atoms with Gasteiger partial charge in [0.15, 0.2) is 0 Å². The molecule has 0 bridgehead atoms. The van der Waals surface area contributed by atoms with Gasteiger partial charge in [0.2, 0.25) is 5.91 Å². The van der Waals surface area contributed by atoms with Gasteiger partial charge < -0.3 is 4.90 Å². The summed E-state index contributed by atoms with van der Waals surface area (Å²) in [5.41, 5.74) is 3.50. The van der Waals surface area contributed by atoms with Crippen LogP contribution in [-0.2, 0) is 4.79 Å². The van der Waals surface area contributed by atoms with Crippen molar-refractivity contribution in [1.29, 1.82) is 0 Å². The van der Waals surface area contributed by atoms with Gasteiger partial charge in [-0.15, -0.1) is 0 Å². The fraction of sp³-hybridized carbons (Fsp3) is 0.423. The van der Waals surface area contributed by atoms with Crippen LogP contribution in [-0.4, -0.2) is 26.9 Å². The lowest BCUT2D eigenvalue weighted by Gasteiger charge is -2.31. The van der Waals surface area contributed by atoms with Gasteiger partial charge in [-0.3, -0.25) is 14.2 Å². The lowest BCUT2D eigenvalue weighted by atomic mass is 10.1. The highest BCUT2D eigenvalue weighted by Gasteiger charge is 2.27. The van der Waals surface area contributed by atoms with Crippen molar-refractivity contribution in [1.82, 2.24) is 14.5 Å². The minimum absolute atomic E-state index is 0.0962. The van der Waals surface area contributed by atoms with Gasteiger partial charge in [0.25, 0.3) is 5.56 Å². The second-order valence-corrected chi connectivity index (χ2v) is 8.78. The monoisotopic (exact) mass is 419 g/mol. The first kappa shape index (κ1) is 22.7. The van der Waals surface area contributed by atoms with Crippen molar-refractivity contribution in [3.8, 4) is 5.69 Å². The Morgan fingerprint density at radius 3 is 2.45 bits per heavy atom. The third kappa shape index (κ3) is 4.71. The lowest BCUT2D eigenvalue weighted by molar-refractivity contribution is -0.134. The zero-order valence-electron chi connectivity index (χ0n) is 19.5. The molecular weight excluding hydrogens is 386 g/mol. The van der Waals surface area contributed by atoms with Gasteiger partial charge in [-0.25, -0.2) is 4.98 Å². The molecule has 31 heavy (non-hydrogen) atoms. The number of carbonyl (C=O) groups excluding carboxylic acids is 1. The second kappa shape index (κ2) is 9.46. The summed E-state index contributed by atoms with van der Waals surface area (Å²) < 4.78 is 1.70. The molecule has 3 aromatic rings. The Morgan fingerprint density at radius 1 is 1.10 bits per heavy atom. The van der Waals surface area contributed by atoms with E-state index in [-0.39, 0.29) is 23.4 Å². The highest BCUT2D eigenvalue weighted by atomic mass is 16.2. The van der Waals surface area contributed by atoms with E-state index in [2.05, 4.69) is 13.0 Å². The van der Waals surface area contributed by atoms with Gasteiger partial charge in [-0.05, 0) is 56.9 Å². The van der Waals surface area contributed by atoms with Crippen LogP contribution in [0.1, 0.15) is 63.5 Å². The first-order valence-electron chi connectivity index (χ1n) is 11.1. The van der Waals surface area contributed by atoms with Crippen LogP contribution in [0.2, 0.25) is 0 Å². The number of benzene rings is 2. The van der Waals surface area contributed by atoms with Crippen molar-refractivity contribution in [3.05, 3.63) is 69.8 Å². The van der Waals surface area contributed by atoms with E-state index in [4.69, 9.17) is 4.98 Å². The van der Waals surface area contributed by atoms with Gasteiger partial charge in [0, 0.05) is 13.0 Å². The van der Waals surface area contributed by atoms with E-state index in [1.165, 1.54) is 0 Å². The number of amides is 1. The number of nitrogens with zero attached hydrogens (tertiary/aromatic N) is 3. The van der Waals surface area contributed by atoms with Crippen LogP contribution in [0, 0.1) is 19.8 Å². The lowest BCUT2D eigenvalue weighted by Crippen LogP contribution is -2.38. The molecule has 1 amide bonds. The van der Waals surface area contributed by atoms with E-state index in [9.17, 15) is 9.59 Å². The first-order valence-corrected chi connectivity index (χ1v) is 11.1. The molecule has 1 heterocycles. The number of carbonyl (C=O) groups is 1. The Bertz CT molecular complexity index is 1150. The second-order valence-electron chi connectivity index (χ2n) is 8.78.